The van der Waals surface area contributed by atoms with Crippen LogP contribution in [-0.4, -0.2) is 31.1 Å². The number of para-hydroxylation sites is 2. The van der Waals surface area contributed by atoms with Gasteiger partial charge in [0.1, 0.15) is 17.1 Å². The first kappa shape index (κ1) is 21.0. The first-order valence-electron chi connectivity index (χ1n) is 10.9. The molecule has 166 valence electrons. The minimum Gasteiger partial charge on any atom is -0.457 e. The average molecular weight is 441 g/mol. The average Bonchev–Trinajstić information content (AvgIpc) is 3.12. The van der Waals surface area contributed by atoms with Crippen molar-refractivity contribution in [2.24, 2.45) is 0 Å². The topological polar surface area (TPSA) is 69.0 Å². The summed E-state index contributed by atoms with van der Waals surface area (Å²) in [5.41, 5.74) is 1.38. The molecule has 0 spiro atoms. The number of ether oxygens (including phenoxy) is 2. The van der Waals surface area contributed by atoms with E-state index in [-0.39, 0.29) is 17.1 Å². The Labute approximate surface area is 191 Å². The number of carbonyl (C=O) groups excluding carboxylic acids is 1. The van der Waals surface area contributed by atoms with Crippen molar-refractivity contribution < 1.29 is 18.7 Å². The Morgan fingerprint density at radius 2 is 1.67 bits per heavy atom. The molecule has 0 bridgehead atoms. The predicted octanol–water partition coefficient (Wildman–Crippen LogP) is 5.17. The highest BCUT2D eigenvalue weighted by atomic mass is 16.5. The minimum atomic E-state index is -0.565. The van der Waals surface area contributed by atoms with Crippen LogP contribution in [0.1, 0.15) is 34.1 Å². The molecule has 0 fully saturated rings. The summed E-state index contributed by atoms with van der Waals surface area (Å²) < 4.78 is 17.1. The third kappa shape index (κ3) is 3.90. The molecule has 6 heteroatoms. The van der Waals surface area contributed by atoms with Gasteiger partial charge in [-0.15, -0.1) is 0 Å². The number of methoxy groups -OCH3 is 1. The van der Waals surface area contributed by atoms with Gasteiger partial charge in [-0.25, -0.2) is 0 Å². The van der Waals surface area contributed by atoms with Crippen molar-refractivity contribution in [2.75, 3.05) is 20.3 Å². The second kappa shape index (κ2) is 8.92. The highest BCUT2D eigenvalue weighted by Crippen LogP contribution is 2.39. The fraction of sp³-hybridized carbons (Fsp3) is 0.185. The van der Waals surface area contributed by atoms with Crippen molar-refractivity contribution in [2.45, 2.75) is 12.5 Å². The Hall–Kier alpha value is -3.90. The van der Waals surface area contributed by atoms with E-state index in [0.29, 0.717) is 47.6 Å². The van der Waals surface area contributed by atoms with Crippen LogP contribution in [-0.2, 0) is 4.74 Å². The molecule has 0 aliphatic carbocycles. The van der Waals surface area contributed by atoms with Gasteiger partial charge in [0.15, 0.2) is 5.43 Å². The molecule has 0 saturated heterocycles. The van der Waals surface area contributed by atoms with Crippen LogP contribution < -0.4 is 10.2 Å². The van der Waals surface area contributed by atoms with Gasteiger partial charge >= 0.3 is 0 Å². The van der Waals surface area contributed by atoms with Crippen LogP contribution in [0.25, 0.3) is 11.0 Å². The highest BCUT2D eigenvalue weighted by molar-refractivity contribution is 5.99. The smallest absolute Gasteiger partial charge is 0.290 e. The quantitative estimate of drug-likeness (QED) is 0.370. The molecule has 1 unspecified atom stereocenters. The lowest BCUT2D eigenvalue weighted by molar-refractivity contribution is 0.0707. The first-order valence-corrected chi connectivity index (χ1v) is 10.9. The Bertz CT molecular complexity index is 1360. The monoisotopic (exact) mass is 441 g/mol. The van der Waals surface area contributed by atoms with Crippen molar-refractivity contribution >= 4 is 16.9 Å². The summed E-state index contributed by atoms with van der Waals surface area (Å²) in [7, 11) is 1.63. The second-order valence-electron chi connectivity index (χ2n) is 7.91. The van der Waals surface area contributed by atoms with Crippen LogP contribution in [0.15, 0.2) is 88.1 Å². The van der Waals surface area contributed by atoms with E-state index in [4.69, 9.17) is 13.9 Å². The summed E-state index contributed by atoms with van der Waals surface area (Å²) in [5, 5.41) is 0.462. The third-order valence-electron chi connectivity index (χ3n) is 5.77. The van der Waals surface area contributed by atoms with Crippen molar-refractivity contribution in [3.63, 3.8) is 0 Å². The van der Waals surface area contributed by atoms with E-state index in [2.05, 4.69) is 0 Å². The van der Waals surface area contributed by atoms with Gasteiger partial charge in [0.05, 0.1) is 17.0 Å². The minimum absolute atomic E-state index is 0.107. The summed E-state index contributed by atoms with van der Waals surface area (Å²) in [6.45, 7) is 0.939. The molecule has 1 amide bonds. The molecule has 1 aliphatic heterocycles. The van der Waals surface area contributed by atoms with Gasteiger partial charge in [0.25, 0.3) is 5.91 Å². The van der Waals surface area contributed by atoms with E-state index < -0.39 is 6.04 Å². The number of amides is 1. The molecule has 3 aromatic carbocycles. The third-order valence-corrected chi connectivity index (χ3v) is 5.77. The van der Waals surface area contributed by atoms with Crippen molar-refractivity contribution in [3.05, 3.63) is 106 Å². The van der Waals surface area contributed by atoms with Crippen molar-refractivity contribution in [1.29, 1.82) is 0 Å². The second-order valence-corrected chi connectivity index (χ2v) is 7.91. The van der Waals surface area contributed by atoms with E-state index in [1.165, 1.54) is 0 Å². The first-order chi connectivity index (χ1) is 16.2. The lowest BCUT2D eigenvalue weighted by atomic mass is 9.98. The van der Waals surface area contributed by atoms with Gasteiger partial charge in [-0.3, -0.25) is 9.59 Å². The molecule has 2 heterocycles. The van der Waals surface area contributed by atoms with E-state index in [1.807, 2.05) is 54.6 Å². The fourth-order valence-corrected chi connectivity index (χ4v) is 4.30. The molecule has 6 nitrogen and oxygen atoms in total. The molecular weight excluding hydrogens is 418 g/mol. The molecule has 1 aliphatic rings. The lowest BCUT2D eigenvalue weighted by Crippen LogP contribution is -2.31. The van der Waals surface area contributed by atoms with Gasteiger partial charge in [-0.1, -0.05) is 42.5 Å². The summed E-state index contributed by atoms with van der Waals surface area (Å²) in [6, 6.07) is 23.4. The maximum atomic E-state index is 13.5. The molecule has 1 aromatic heterocycles. The number of nitrogens with zero attached hydrogens (tertiary/aromatic N) is 1. The Kier molecular flexibility index (Phi) is 5.67. The predicted molar refractivity (Wildman–Crippen MR) is 125 cm³/mol. The largest absolute Gasteiger partial charge is 0.457 e. The van der Waals surface area contributed by atoms with E-state index in [9.17, 15) is 9.59 Å². The summed E-state index contributed by atoms with van der Waals surface area (Å²) in [6.07, 6.45) is 0.640. The van der Waals surface area contributed by atoms with Crippen LogP contribution in [0.4, 0.5) is 0 Å². The number of benzene rings is 3. The maximum absolute atomic E-state index is 13.5. The standard InChI is InChI=1S/C27H23NO5/c1-31-16-8-15-28-24(18-9-7-12-20(17-18)32-19-10-3-2-4-11-19)23-25(29)21-13-5-6-14-22(21)33-26(23)27(28)30/h2-7,9-14,17,24H,8,15-16H2,1H3. The number of hydrogen-bond acceptors (Lipinski definition) is 5. The van der Waals surface area contributed by atoms with Gasteiger partial charge < -0.3 is 18.8 Å². The zero-order chi connectivity index (χ0) is 22.8. The number of hydrogen-bond donors (Lipinski definition) is 0. The number of carbonyl (C=O) groups is 1. The fourth-order valence-electron chi connectivity index (χ4n) is 4.30. The highest BCUT2D eigenvalue weighted by Gasteiger charge is 2.42. The lowest BCUT2D eigenvalue weighted by Gasteiger charge is -2.25. The van der Waals surface area contributed by atoms with Gasteiger partial charge in [-0.05, 0) is 48.4 Å². The molecule has 33 heavy (non-hydrogen) atoms. The molecule has 0 saturated carbocycles. The van der Waals surface area contributed by atoms with Gasteiger partial charge in [-0.2, -0.15) is 0 Å². The number of fused-ring (bicyclic) bond motifs is 2. The summed E-state index contributed by atoms with van der Waals surface area (Å²) in [5.74, 6) is 1.15. The van der Waals surface area contributed by atoms with Crippen molar-refractivity contribution in [1.82, 2.24) is 4.90 Å². The van der Waals surface area contributed by atoms with Crippen LogP contribution in [0.3, 0.4) is 0 Å². The molecule has 1 atom stereocenters. The molecule has 0 N–H and O–H groups in total. The maximum Gasteiger partial charge on any atom is 0.290 e. The van der Waals surface area contributed by atoms with Crippen LogP contribution in [0, 0.1) is 0 Å². The van der Waals surface area contributed by atoms with Gasteiger partial charge in [0.2, 0.25) is 5.76 Å². The van der Waals surface area contributed by atoms with Crippen LogP contribution in [0.5, 0.6) is 11.5 Å². The molecule has 5 rings (SSSR count). The normalized spacial score (nSPS) is 15.1. The Morgan fingerprint density at radius 3 is 2.48 bits per heavy atom. The van der Waals surface area contributed by atoms with E-state index >= 15 is 0 Å². The SMILES string of the molecule is COCCCN1C(=O)c2oc3ccccc3c(=O)c2C1c1cccc(Oc2ccccc2)c1. The van der Waals surface area contributed by atoms with Crippen LogP contribution >= 0.6 is 0 Å². The molecular formula is C27H23NO5. The zero-order valence-corrected chi connectivity index (χ0v) is 18.2. The van der Waals surface area contributed by atoms with E-state index in [1.54, 1.807) is 36.3 Å². The molecule has 0 radical (unpaired) electrons. The number of rotatable bonds is 7. The summed E-state index contributed by atoms with van der Waals surface area (Å²) in [4.78, 5) is 28.6. The Morgan fingerprint density at radius 1 is 0.909 bits per heavy atom. The zero-order valence-electron chi connectivity index (χ0n) is 18.2. The van der Waals surface area contributed by atoms with Crippen molar-refractivity contribution in [3.8, 4) is 11.5 Å². The molecule has 4 aromatic rings. The van der Waals surface area contributed by atoms with E-state index in [0.717, 1.165) is 5.56 Å². The van der Waals surface area contributed by atoms with Gasteiger partial charge in [0, 0.05) is 20.3 Å². The Balaban J connectivity index is 1.61. The van der Waals surface area contributed by atoms with Crippen LogP contribution in [0.2, 0.25) is 0 Å². The summed E-state index contributed by atoms with van der Waals surface area (Å²) >= 11 is 0.